The molecule has 1 unspecified atom stereocenters. The molecule has 3 nitrogen and oxygen atoms in total. The van der Waals surface area contributed by atoms with Crippen LogP contribution in [-0.4, -0.2) is 24.1 Å². The molecule has 1 N–H and O–H groups in total. The molecule has 3 heteroatoms. The summed E-state index contributed by atoms with van der Waals surface area (Å²) in [5.41, 5.74) is 2.61. The molecular formula is C16H27N3. The van der Waals surface area contributed by atoms with Crippen LogP contribution in [0, 0.1) is 0 Å². The largest absolute Gasteiger partial charge is 0.354 e. The zero-order valence-corrected chi connectivity index (χ0v) is 12.6. The van der Waals surface area contributed by atoms with E-state index in [1.807, 2.05) is 0 Å². The molecule has 1 aromatic rings. The average Bonchev–Trinajstić information content (AvgIpc) is 2.83. The fourth-order valence-electron chi connectivity index (χ4n) is 2.81. The number of nitrogens with one attached hydrogen (secondary N) is 1. The van der Waals surface area contributed by atoms with Gasteiger partial charge in [0.25, 0.3) is 0 Å². The van der Waals surface area contributed by atoms with Crippen molar-refractivity contribution in [1.82, 2.24) is 10.3 Å². The van der Waals surface area contributed by atoms with Crippen molar-refractivity contribution in [2.24, 2.45) is 0 Å². The van der Waals surface area contributed by atoms with Crippen LogP contribution in [0.15, 0.2) is 12.1 Å². The number of nitrogens with zero attached hydrogens (tertiary/aromatic N) is 2. The number of aromatic nitrogens is 1. The molecule has 1 aliphatic heterocycles. The zero-order chi connectivity index (χ0) is 13.7. The predicted molar refractivity (Wildman–Crippen MR) is 81.7 cm³/mol. The quantitative estimate of drug-likeness (QED) is 0.852. The second-order valence-corrected chi connectivity index (χ2v) is 5.54. The molecular weight excluding hydrogens is 234 g/mol. The van der Waals surface area contributed by atoms with E-state index in [9.17, 15) is 0 Å². The molecule has 1 aliphatic rings. The lowest BCUT2D eigenvalue weighted by atomic mass is 10.1. The SMILES string of the molecule is CCCc1cc(CNCC)cc(N2CCCC2C)n1. The van der Waals surface area contributed by atoms with Gasteiger partial charge in [-0.05, 0) is 50.4 Å². The summed E-state index contributed by atoms with van der Waals surface area (Å²) in [6, 6.07) is 5.16. The molecule has 0 amide bonds. The van der Waals surface area contributed by atoms with Crippen molar-refractivity contribution in [3.8, 4) is 0 Å². The Kier molecular flexibility index (Phi) is 5.20. The summed E-state index contributed by atoms with van der Waals surface area (Å²) in [5, 5.41) is 3.42. The van der Waals surface area contributed by atoms with E-state index >= 15 is 0 Å². The highest BCUT2D eigenvalue weighted by atomic mass is 15.2. The summed E-state index contributed by atoms with van der Waals surface area (Å²) < 4.78 is 0. The summed E-state index contributed by atoms with van der Waals surface area (Å²) in [6.07, 6.45) is 4.83. The molecule has 106 valence electrons. The average molecular weight is 261 g/mol. The maximum Gasteiger partial charge on any atom is 0.129 e. The van der Waals surface area contributed by atoms with Crippen LogP contribution in [0.5, 0.6) is 0 Å². The van der Waals surface area contributed by atoms with Crippen molar-refractivity contribution in [3.05, 3.63) is 23.4 Å². The first-order chi connectivity index (χ1) is 9.24. The van der Waals surface area contributed by atoms with Gasteiger partial charge in [-0.3, -0.25) is 0 Å². The van der Waals surface area contributed by atoms with E-state index < -0.39 is 0 Å². The fraction of sp³-hybridized carbons (Fsp3) is 0.688. The van der Waals surface area contributed by atoms with E-state index in [1.54, 1.807) is 0 Å². The van der Waals surface area contributed by atoms with Crippen LogP contribution < -0.4 is 10.2 Å². The molecule has 0 aliphatic carbocycles. The number of pyridine rings is 1. The first-order valence-corrected chi connectivity index (χ1v) is 7.71. The monoisotopic (exact) mass is 261 g/mol. The standard InChI is InChI=1S/C16H27N3/c1-4-7-15-10-14(12-17-5-2)11-16(18-15)19-9-6-8-13(19)3/h10-11,13,17H,4-9,12H2,1-3H3. The van der Waals surface area contributed by atoms with E-state index in [2.05, 4.69) is 43.1 Å². The van der Waals surface area contributed by atoms with Gasteiger partial charge in [-0.25, -0.2) is 4.98 Å². The van der Waals surface area contributed by atoms with Crippen molar-refractivity contribution in [2.45, 2.75) is 59.0 Å². The molecule has 0 bridgehead atoms. The predicted octanol–water partition coefficient (Wildman–Crippen LogP) is 3.13. The molecule has 0 radical (unpaired) electrons. The number of rotatable bonds is 6. The smallest absolute Gasteiger partial charge is 0.129 e. The van der Waals surface area contributed by atoms with Crippen molar-refractivity contribution in [2.75, 3.05) is 18.0 Å². The highest BCUT2D eigenvalue weighted by Crippen LogP contribution is 2.25. The summed E-state index contributed by atoms with van der Waals surface area (Å²) in [4.78, 5) is 7.33. The van der Waals surface area contributed by atoms with Gasteiger partial charge in [0, 0.05) is 24.8 Å². The highest BCUT2D eigenvalue weighted by Gasteiger charge is 2.22. The molecule has 19 heavy (non-hydrogen) atoms. The molecule has 2 heterocycles. The van der Waals surface area contributed by atoms with Crippen molar-refractivity contribution < 1.29 is 0 Å². The van der Waals surface area contributed by atoms with Gasteiger partial charge in [0.2, 0.25) is 0 Å². The Bertz CT molecular complexity index is 403. The van der Waals surface area contributed by atoms with Gasteiger partial charge in [-0.15, -0.1) is 0 Å². The van der Waals surface area contributed by atoms with Gasteiger partial charge in [-0.2, -0.15) is 0 Å². The minimum Gasteiger partial charge on any atom is -0.354 e. The maximum atomic E-state index is 4.86. The third kappa shape index (κ3) is 3.69. The third-order valence-corrected chi connectivity index (χ3v) is 3.86. The first-order valence-electron chi connectivity index (χ1n) is 7.71. The number of anilines is 1. The Hall–Kier alpha value is -1.09. The first kappa shape index (κ1) is 14.3. The molecule has 1 atom stereocenters. The molecule has 0 spiro atoms. The van der Waals surface area contributed by atoms with Gasteiger partial charge >= 0.3 is 0 Å². The second-order valence-electron chi connectivity index (χ2n) is 5.54. The van der Waals surface area contributed by atoms with Crippen LogP contribution in [0.1, 0.15) is 51.3 Å². The Morgan fingerprint density at radius 2 is 2.21 bits per heavy atom. The van der Waals surface area contributed by atoms with Crippen LogP contribution in [0.4, 0.5) is 5.82 Å². The van der Waals surface area contributed by atoms with Crippen molar-refractivity contribution >= 4 is 5.82 Å². The lowest BCUT2D eigenvalue weighted by molar-refractivity contribution is 0.709. The lowest BCUT2D eigenvalue weighted by Crippen LogP contribution is -2.27. The van der Waals surface area contributed by atoms with E-state index in [0.29, 0.717) is 6.04 Å². The van der Waals surface area contributed by atoms with Gasteiger partial charge in [0.15, 0.2) is 0 Å². The summed E-state index contributed by atoms with van der Waals surface area (Å²) in [5.74, 6) is 1.18. The normalized spacial score (nSPS) is 19.1. The molecule has 0 saturated carbocycles. The zero-order valence-electron chi connectivity index (χ0n) is 12.6. The van der Waals surface area contributed by atoms with Crippen molar-refractivity contribution in [3.63, 3.8) is 0 Å². The molecule has 1 saturated heterocycles. The maximum absolute atomic E-state index is 4.86. The molecule has 1 aromatic heterocycles. The molecule has 0 aromatic carbocycles. The second kappa shape index (κ2) is 6.90. The fourth-order valence-corrected chi connectivity index (χ4v) is 2.81. The van der Waals surface area contributed by atoms with E-state index in [0.717, 1.165) is 32.5 Å². The topological polar surface area (TPSA) is 28.2 Å². The minimum absolute atomic E-state index is 0.636. The van der Waals surface area contributed by atoms with Crippen LogP contribution in [-0.2, 0) is 13.0 Å². The molecule has 1 fully saturated rings. The van der Waals surface area contributed by atoms with Crippen LogP contribution >= 0.6 is 0 Å². The van der Waals surface area contributed by atoms with Gasteiger partial charge in [-0.1, -0.05) is 20.3 Å². The summed E-state index contributed by atoms with van der Waals surface area (Å²) in [7, 11) is 0. The highest BCUT2D eigenvalue weighted by molar-refractivity contribution is 5.44. The van der Waals surface area contributed by atoms with Crippen molar-refractivity contribution in [1.29, 1.82) is 0 Å². The Morgan fingerprint density at radius 1 is 1.37 bits per heavy atom. The summed E-state index contributed by atoms with van der Waals surface area (Å²) >= 11 is 0. The molecule has 2 rings (SSSR count). The number of hydrogen-bond donors (Lipinski definition) is 1. The van der Waals surface area contributed by atoms with Crippen LogP contribution in [0.2, 0.25) is 0 Å². The van der Waals surface area contributed by atoms with Gasteiger partial charge in [0.1, 0.15) is 5.82 Å². The minimum atomic E-state index is 0.636. The van der Waals surface area contributed by atoms with E-state index in [1.165, 1.54) is 29.9 Å². The third-order valence-electron chi connectivity index (χ3n) is 3.86. The van der Waals surface area contributed by atoms with Crippen LogP contribution in [0.3, 0.4) is 0 Å². The van der Waals surface area contributed by atoms with Gasteiger partial charge in [0.05, 0.1) is 0 Å². The number of aryl methyl sites for hydroxylation is 1. The lowest BCUT2D eigenvalue weighted by Gasteiger charge is -2.24. The number of hydrogen-bond acceptors (Lipinski definition) is 3. The Morgan fingerprint density at radius 3 is 2.84 bits per heavy atom. The van der Waals surface area contributed by atoms with Crippen LogP contribution in [0.25, 0.3) is 0 Å². The van der Waals surface area contributed by atoms with Gasteiger partial charge < -0.3 is 10.2 Å². The van der Waals surface area contributed by atoms with E-state index in [-0.39, 0.29) is 0 Å². The van der Waals surface area contributed by atoms with E-state index in [4.69, 9.17) is 4.98 Å². The Balaban J connectivity index is 2.22. The summed E-state index contributed by atoms with van der Waals surface area (Å²) in [6.45, 7) is 9.80. The Labute approximate surface area is 117 Å².